The predicted octanol–water partition coefficient (Wildman–Crippen LogP) is 0.309. The summed E-state index contributed by atoms with van der Waals surface area (Å²) >= 11 is 0. The zero-order valence-corrected chi connectivity index (χ0v) is 9.45. The summed E-state index contributed by atoms with van der Waals surface area (Å²) in [6.07, 6.45) is 4.18. The molecule has 15 heavy (non-hydrogen) atoms. The first-order valence-electron chi connectivity index (χ1n) is 5.15. The Morgan fingerprint density at radius 1 is 1.40 bits per heavy atom. The van der Waals surface area contributed by atoms with E-state index in [9.17, 15) is 9.59 Å². The molecule has 0 unspecified atom stereocenters. The Labute approximate surface area is 90.5 Å². The molecule has 5 heteroatoms. The van der Waals surface area contributed by atoms with Gasteiger partial charge in [0.05, 0.1) is 6.54 Å². The highest BCUT2D eigenvalue weighted by atomic mass is 16.4. The van der Waals surface area contributed by atoms with Gasteiger partial charge in [-0.3, -0.25) is 14.5 Å². The van der Waals surface area contributed by atoms with E-state index in [0.29, 0.717) is 0 Å². The van der Waals surface area contributed by atoms with Gasteiger partial charge in [0.25, 0.3) is 0 Å². The third kappa shape index (κ3) is 10.8. The summed E-state index contributed by atoms with van der Waals surface area (Å²) in [6, 6.07) is 0. The Morgan fingerprint density at radius 3 is 2.53 bits per heavy atom. The van der Waals surface area contributed by atoms with E-state index < -0.39 is 5.97 Å². The fraction of sp³-hybridized carbons (Fsp3) is 0.800. The minimum absolute atomic E-state index is 0.111. The zero-order chi connectivity index (χ0) is 11.7. The Hall–Kier alpha value is -1.10. The molecule has 1 fully saturated rings. The van der Waals surface area contributed by atoms with Gasteiger partial charge < -0.3 is 10.4 Å². The molecule has 1 aliphatic heterocycles. The highest BCUT2D eigenvalue weighted by molar-refractivity contribution is 5.75. The number of hydrogen-bond donors (Lipinski definition) is 2. The van der Waals surface area contributed by atoms with Crippen LogP contribution < -0.4 is 5.32 Å². The number of aliphatic carboxylic acids is 1. The topological polar surface area (TPSA) is 69.6 Å². The standard InChI is InChI=1S/C6H11NO.C4H9NO2/c8-6-4-2-1-3-5-7-6;1-5(2)3-4(6)7/h1-5H2,(H,7,8);3H2,1-2H3,(H,6,7). The quantitative estimate of drug-likeness (QED) is 0.697. The van der Waals surface area contributed by atoms with Crippen LogP contribution in [0.5, 0.6) is 0 Å². The van der Waals surface area contributed by atoms with Crippen LogP contribution in [0.4, 0.5) is 0 Å². The molecular formula is C10H20N2O3. The van der Waals surface area contributed by atoms with Gasteiger partial charge in [0.2, 0.25) is 5.91 Å². The third-order valence-corrected chi connectivity index (χ3v) is 1.85. The molecule has 0 aliphatic carbocycles. The maximum atomic E-state index is 10.6. The molecule has 0 saturated carbocycles. The molecule has 0 spiro atoms. The zero-order valence-electron chi connectivity index (χ0n) is 9.45. The molecule has 0 radical (unpaired) electrons. The van der Waals surface area contributed by atoms with Crippen LogP contribution in [0.1, 0.15) is 25.7 Å². The van der Waals surface area contributed by atoms with Gasteiger partial charge in [-0.05, 0) is 26.9 Å². The highest BCUT2D eigenvalue weighted by Gasteiger charge is 2.03. The summed E-state index contributed by atoms with van der Waals surface area (Å²) in [7, 11) is 3.43. The molecule has 2 N–H and O–H groups in total. The van der Waals surface area contributed by atoms with E-state index in [1.54, 1.807) is 19.0 Å². The maximum Gasteiger partial charge on any atom is 0.317 e. The molecule has 1 amide bonds. The normalized spacial score (nSPS) is 16.1. The lowest BCUT2D eigenvalue weighted by atomic mass is 10.2. The van der Waals surface area contributed by atoms with Crippen molar-refractivity contribution in [1.82, 2.24) is 10.2 Å². The second-order valence-electron chi connectivity index (χ2n) is 3.79. The summed E-state index contributed by atoms with van der Waals surface area (Å²) in [5.41, 5.74) is 0. The number of amides is 1. The molecule has 88 valence electrons. The summed E-state index contributed by atoms with van der Waals surface area (Å²) in [5, 5.41) is 10.8. The van der Waals surface area contributed by atoms with Crippen LogP contribution in [0.25, 0.3) is 0 Å². The smallest absolute Gasteiger partial charge is 0.317 e. The van der Waals surface area contributed by atoms with Crippen molar-refractivity contribution in [2.75, 3.05) is 27.2 Å². The molecule has 1 rings (SSSR count). The molecule has 1 saturated heterocycles. The van der Waals surface area contributed by atoms with Gasteiger partial charge in [-0.1, -0.05) is 6.42 Å². The van der Waals surface area contributed by atoms with Crippen molar-refractivity contribution >= 4 is 11.9 Å². The average Bonchev–Trinajstić information content (AvgIpc) is 2.30. The van der Waals surface area contributed by atoms with Gasteiger partial charge in [-0.15, -0.1) is 0 Å². The van der Waals surface area contributed by atoms with E-state index in [2.05, 4.69) is 5.32 Å². The number of rotatable bonds is 2. The van der Waals surface area contributed by atoms with Crippen LogP contribution in [0.15, 0.2) is 0 Å². The molecule has 1 aliphatic rings. The molecule has 0 aromatic heterocycles. The SMILES string of the molecule is CN(C)CC(=O)O.O=C1CCCCCN1. The maximum absolute atomic E-state index is 10.6. The summed E-state index contributed by atoms with van der Waals surface area (Å²) in [4.78, 5) is 21.9. The number of carboxylic acid groups (broad SMARTS) is 1. The highest BCUT2D eigenvalue weighted by Crippen LogP contribution is 2.02. The van der Waals surface area contributed by atoms with Gasteiger partial charge in [-0.25, -0.2) is 0 Å². The van der Waals surface area contributed by atoms with Gasteiger partial charge in [0.15, 0.2) is 0 Å². The summed E-state index contributed by atoms with van der Waals surface area (Å²) < 4.78 is 0. The first kappa shape index (κ1) is 13.9. The van der Waals surface area contributed by atoms with Crippen molar-refractivity contribution in [2.24, 2.45) is 0 Å². The van der Waals surface area contributed by atoms with Gasteiger partial charge in [-0.2, -0.15) is 0 Å². The van der Waals surface area contributed by atoms with Crippen LogP contribution in [0, 0.1) is 0 Å². The number of carbonyl (C=O) groups is 2. The number of nitrogens with one attached hydrogen (secondary N) is 1. The first-order chi connectivity index (χ1) is 7.02. The van der Waals surface area contributed by atoms with Gasteiger partial charge in [0, 0.05) is 13.0 Å². The van der Waals surface area contributed by atoms with Gasteiger partial charge in [0.1, 0.15) is 0 Å². The fourth-order valence-corrected chi connectivity index (χ4v) is 1.17. The van der Waals surface area contributed by atoms with Crippen LogP contribution in [-0.2, 0) is 9.59 Å². The van der Waals surface area contributed by atoms with E-state index in [4.69, 9.17) is 5.11 Å². The van der Waals surface area contributed by atoms with Crippen LogP contribution in [-0.4, -0.2) is 49.1 Å². The molecular weight excluding hydrogens is 196 g/mol. The Morgan fingerprint density at radius 2 is 2.07 bits per heavy atom. The minimum Gasteiger partial charge on any atom is -0.480 e. The predicted molar refractivity (Wildman–Crippen MR) is 57.7 cm³/mol. The number of carboxylic acids is 1. The van der Waals surface area contributed by atoms with Crippen molar-refractivity contribution in [2.45, 2.75) is 25.7 Å². The van der Waals surface area contributed by atoms with Crippen molar-refractivity contribution in [3.8, 4) is 0 Å². The average molecular weight is 216 g/mol. The van der Waals surface area contributed by atoms with Crippen LogP contribution >= 0.6 is 0 Å². The lowest BCUT2D eigenvalue weighted by Gasteiger charge is -2.01. The lowest BCUT2D eigenvalue weighted by molar-refractivity contribution is -0.137. The van der Waals surface area contributed by atoms with E-state index in [0.717, 1.165) is 25.8 Å². The summed E-state index contributed by atoms with van der Waals surface area (Å²) in [6.45, 7) is 0.999. The Kier molecular flexibility index (Phi) is 7.62. The lowest BCUT2D eigenvalue weighted by Crippen LogP contribution is -2.21. The molecule has 1 heterocycles. The number of likely N-dealkylation sites (N-methyl/N-ethyl adjacent to an activating group) is 1. The van der Waals surface area contributed by atoms with E-state index >= 15 is 0 Å². The van der Waals surface area contributed by atoms with Crippen LogP contribution in [0.2, 0.25) is 0 Å². The minimum atomic E-state index is -0.787. The molecule has 0 atom stereocenters. The number of carbonyl (C=O) groups excluding carboxylic acids is 1. The monoisotopic (exact) mass is 216 g/mol. The molecule has 5 nitrogen and oxygen atoms in total. The fourth-order valence-electron chi connectivity index (χ4n) is 1.17. The van der Waals surface area contributed by atoms with Crippen molar-refractivity contribution in [3.05, 3.63) is 0 Å². The Bertz CT molecular complexity index is 195. The van der Waals surface area contributed by atoms with Crippen molar-refractivity contribution < 1.29 is 14.7 Å². The molecule has 0 bridgehead atoms. The van der Waals surface area contributed by atoms with Crippen molar-refractivity contribution in [3.63, 3.8) is 0 Å². The number of hydrogen-bond acceptors (Lipinski definition) is 3. The van der Waals surface area contributed by atoms with E-state index in [1.807, 2.05) is 0 Å². The second kappa shape index (κ2) is 8.23. The van der Waals surface area contributed by atoms with Crippen molar-refractivity contribution in [1.29, 1.82) is 0 Å². The van der Waals surface area contributed by atoms with E-state index in [-0.39, 0.29) is 12.5 Å². The van der Waals surface area contributed by atoms with E-state index in [1.165, 1.54) is 6.42 Å². The molecule has 0 aromatic rings. The van der Waals surface area contributed by atoms with Gasteiger partial charge >= 0.3 is 5.97 Å². The van der Waals surface area contributed by atoms with Crippen LogP contribution in [0.3, 0.4) is 0 Å². The number of nitrogens with zero attached hydrogens (tertiary/aromatic N) is 1. The third-order valence-electron chi connectivity index (χ3n) is 1.85. The largest absolute Gasteiger partial charge is 0.480 e. The second-order valence-corrected chi connectivity index (χ2v) is 3.79. The molecule has 0 aromatic carbocycles. The first-order valence-corrected chi connectivity index (χ1v) is 5.15. The summed E-state index contributed by atoms with van der Waals surface area (Å²) in [5.74, 6) is -0.562. The Balaban J connectivity index is 0.000000265.